The first kappa shape index (κ1) is 12.0. The highest BCUT2D eigenvalue weighted by atomic mass is 14.6. The number of pyridine rings is 1. The first-order valence-electron chi connectivity index (χ1n) is 6.79. The summed E-state index contributed by atoms with van der Waals surface area (Å²) in [5.41, 5.74) is 10.3. The first-order valence-corrected chi connectivity index (χ1v) is 6.79. The molecule has 0 amide bonds. The van der Waals surface area contributed by atoms with Crippen molar-refractivity contribution in [2.45, 2.75) is 19.3 Å². The van der Waals surface area contributed by atoms with Crippen LogP contribution in [0.5, 0.6) is 0 Å². The lowest BCUT2D eigenvalue weighted by Gasteiger charge is -2.09. The molecule has 0 saturated heterocycles. The standard InChI is InChI=1S/C17H18N2/c18-16-5-1-3-14(11-16)17(9-8-13-6-7-13)15-4-2-10-19-12-15/h1-5,9-13H,6-8,18H2/b17-9+. The van der Waals surface area contributed by atoms with Crippen molar-refractivity contribution in [3.05, 3.63) is 66.0 Å². The highest BCUT2D eigenvalue weighted by Gasteiger charge is 2.20. The summed E-state index contributed by atoms with van der Waals surface area (Å²) < 4.78 is 0. The van der Waals surface area contributed by atoms with Gasteiger partial charge in [0.05, 0.1) is 0 Å². The molecule has 0 bridgehead atoms. The molecule has 0 spiro atoms. The number of allylic oxidation sites excluding steroid dienone is 1. The molecule has 0 radical (unpaired) electrons. The van der Waals surface area contributed by atoms with Gasteiger partial charge in [-0.3, -0.25) is 4.98 Å². The van der Waals surface area contributed by atoms with Gasteiger partial charge in [-0.1, -0.05) is 24.3 Å². The van der Waals surface area contributed by atoms with Gasteiger partial charge in [0.2, 0.25) is 0 Å². The number of rotatable bonds is 4. The maximum Gasteiger partial charge on any atom is 0.0346 e. The maximum atomic E-state index is 5.90. The summed E-state index contributed by atoms with van der Waals surface area (Å²) in [4.78, 5) is 4.22. The van der Waals surface area contributed by atoms with Crippen LogP contribution in [0.3, 0.4) is 0 Å². The van der Waals surface area contributed by atoms with E-state index in [0.717, 1.165) is 23.6 Å². The van der Waals surface area contributed by atoms with E-state index in [1.807, 2.05) is 30.5 Å². The first-order chi connectivity index (χ1) is 9.33. The Hall–Kier alpha value is -2.09. The maximum absolute atomic E-state index is 5.90. The zero-order chi connectivity index (χ0) is 13.1. The molecule has 1 saturated carbocycles. The van der Waals surface area contributed by atoms with Gasteiger partial charge in [-0.05, 0) is 54.5 Å². The number of nitrogens with zero attached hydrogens (tertiary/aromatic N) is 1. The molecular weight excluding hydrogens is 232 g/mol. The molecule has 2 aromatic rings. The third-order valence-electron chi connectivity index (χ3n) is 3.52. The molecule has 0 atom stereocenters. The highest BCUT2D eigenvalue weighted by Crippen LogP contribution is 2.35. The Morgan fingerprint density at radius 3 is 2.74 bits per heavy atom. The van der Waals surface area contributed by atoms with Crippen LogP contribution in [-0.2, 0) is 0 Å². The van der Waals surface area contributed by atoms with Crippen molar-refractivity contribution < 1.29 is 0 Å². The fraction of sp³-hybridized carbons (Fsp3) is 0.235. The third kappa shape index (κ3) is 3.02. The number of hydrogen-bond donors (Lipinski definition) is 1. The predicted octanol–water partition coefficient (Wildman–Crippen LogP) is 3.90. The molecule has 0 unspecified atom stereocenters. The van der Waals surface area contributed by atoms with E-state index in [-0.39, 0.29) is 0 Å². The Labute approximate surface area is 114 Å². The van der Waals surface area contributed by atoms with Gasteiger partial charge in [0.1, 0.15) is 0 Å². The van der Waals surface area contributed by atoms with Gasteiger partial charge in [-0.15, -0.1) is 0 Å². The Morgan fingerprint density at radius 1 is 1.21 bits per heavy atom. The Bertz CT molecular complexity index is 583. The lowest BCUT2D eigenvalue weighted by Crippen LogP contribution is -1.92. The summed E-state index contributed by atoms with van der Waals surface area (Å²) in [6.45, 7) is 0. The van der Waals surface area contributed by atoms with Crippen molar-refractivity contribution in [3.8, 4) is 0 Å². The van der Waals surface area contributed by atoms with Crippen molar-refractivity contribution in [2.75, 3.05) is 5.73 Å². The molecule has 2 heteroatoms. The normalized spacial score (nSPS) is 15.5. The van der Waals surface area contributed by atoms with Crippen molar-refractivity contribution in [1.82, 2.24) is 4.98 Å². The summed E-state index contributed by atoms with van der Waals surface area (Å²) in [6, 6.07) is 12.2. The number of nitrogen functional groups attached to an aromatic ring is 1. The smallest absolute Gasteiger partial charge is 0.0346 e. The summed E-state index contributed by atoms with van der Waals surface area (Å²) >= 11 is 0. The molecule has 1 heterocycles. The molecule has 1 fully saturated rings. The summed E-state index contributed by atoms with van der Waals surface area (Å²) in [7, 11) is 0. The van der Waals surface area contributed by atoms with E-state index in [9.17, 15) is 0 Å². The van der Waals surface area contributed by atoms with Crippen molar-refractivity contribution in [1.29, 1.82) is 0 Å². The van der Waals surface area contributed by atoms with Gasteiger partial charge in [0.15, 0.2) is 0 Å². The molecule has 1 aromatic heterocycles. The van der Waals surface area contributed by atoms with Crippen LogP contribution < -0.4 is 5.73 Å². The van der Waals surface area contributed by atoms with E-state index in [0.29, 0.717) is 0 Å². The van der Waals surface area contributed by atoms with Crippen LogP contribution in [0.4, 0.5) is 5.69 Å². The fourth-order valence-corrected chi connectivity index (χ4v) is 2.27. The van der Waals surface area contributed by atoms with Gasteiger partial charge in [-0.25, -0.2) is 0 Å². The fourth-order valence-electron chi connectivity index (χ4n) is 2.27. The zero-order valence-electron chi connectivity index (χ0n) is 10.9. The lowest BCUT2D eigenvalue weighted by atomic mass is 9.97. The Balaban J connectivity index is 1.98. The molecule has 3 rings (SSSR count). The predicted molar refractivity (Wildman–Crippen MR) is 79.5 cm³/mol. The van der Waals surface area contributed by atoms with Gasteiger partial charge in [0, 0.05) is 23.6 Å². The molecule has 0 aliphatic heterocycles. The quantitative estimate of drug-likeness (QED) is 0.836. The molecular formula is C17H18N2. The number of anilines is 1. The minimum absolute atomic E-state index is 0.804. The molecule has 1 aliphatic carbocycles. The zero-order valence-corrected chi connectivity index (χ0v) is 10.9. The summed E-state index contributed by atoms with van der Waals surface area (Å²) in [5, 5.41) is 0. The van der Waals surface area contributed by atoms with Crippen LogP contribution in [0.2, 0.25) is 0 Å². The van der Waals surface area contributed by atoms with E-state index in [2.05, 4.69) is 23.2 Å². The van der Waals surface area contributed by atoms with E-state index < -0.39 is 0 Å². The molecule has 2 nitrogen and oxygen atoms in total. The van der Waals surface area contributed by atoms with Gasteiger partial charge in [0.25, 0.3) is 0 Å². The Kier molecular flexibility index (Phi) is 3.32. The number of nitrogens with two attached hydrogens (primary N) is 1. The SMILES string of the molecule is Nc1cccc(/C(=C\CC2CC2)c2cccnc2)c1. The average Bonchev–Trinajstić information content (AvgIpc) is 3.25. The van der Waals surface area contributed by atoms with Gasteiger partial charge < -0.3 is 5.73 Å². The van der Waals surface area contributed by atoms with E-state index >= 15 is 0 Å². The topological polar surface area (TPSA) is 38.9 Å². The summed E-state index contributed by atoms with van der Waals surface area (Å²) in [6.07, 6.45) is 9.95. The van der Waals surface area contributed by atoms with Gasteiger partial charge >= 0.3 is 0 Å². The molecule has 2 N–H and O–H groups in total. The van der Waals surface area contributed by atoms with Crippen LogP contribution >= 0.6 is 0 Å². The number of aromatic nitrogens is 1. The second-order valence-electron chi connectivity index (χ2n) is 5.16. The number of benzene rings is 1. The average molecular weight is 250 g/mol. The van der Waals surface area contributed by atoms with Crippen LogP contribution in [0.15, 0.2) is 54.9 Å². The van der Waals surface area contributed by atoms with E-state index in [1.54, 1.807) is 6.20 Å². The minimum atomic E-state index is 0.804. The van der Waals surface area contributed by atoms with Crippen LogP contribution in [-0.4, -0.2) is 4.98 Å². The minimum Gasteiger partial charge on any atom is -0.399 e. The Morgan fingerprint density at radius 2 is 2.05 bits per heavy atom. The third-order valence-corrected chi connectivity index (χ3v) is 3.52. The van der Waals surface area contributed by atoms with Gasteiger partial charge in [-0.2, -0.15) is 0 Å². The largest absolute Gasteiger partial charge is 0.399 e. The van der Waals surface area contributed by atoms with Crippen molar-refractivity contribution >= 4 is 11.3 Å². The van der Waals surface area contributed by atoms with E-state index in [1.165, 1.54) is 24.0 Å². The molecule has 1 aliphatic rings. The molecule has 1 aromatic carbocycles. The lowest BCUT2D eigenvalue weighted by molar-refractivity contribution is 0.864. The molecule has 19 heavy (non-hydrogen) atoms. The van der Waals surface area contributed by atoms with Crippen LogP contribution in [0, 0.1) is 5.92 Å². The van der Waals surface area contributed by atoms with Crippen molar-refractivity contribution in [2.24, 2.45) is 5.92 Å². The monoisotopic (exact) mass is 250 g/mol. The number of hydrogen-bond acceptors (Lipinski definition) is 2. The second kappa shape index (κ2) is 5.27. The van der Waals surface area contributed by atoms with Crippen molar-refractivity contribution in [3.63, 3.8) is 0 Å². The highest BCUT2D eigenvalue weighted by molar-refractivity contribution is 5.80. The van der Waals surface area contributed by atoms with Crippen LogP contribution in [0.25, 0.3) is 5.57 Å². The second-order valence-corrected chi connectivity index (χ2v) is 5.16. The summed E-state index contributed by atoms with van der Waals surface area (Å²) in [5.74, 6) is 0.882. The van der Waals surface area contributed by atoms with Crippen LogP contribution in [0.1, 0.15) is 30.4 Å². The molecule has 96 valence electrons. The van der Waals surface area contributed by atoms with E-state index in [4.69, 9.17) is 5.73 Å².